The number of piperazine rings is 1. The van der Waals surface area contributed by atoms with E-state index in [4.69, 9.17) is 4.74 Å². The first-order valence-corrected chi connectivity index (χ1v) is 7.21. The minimum Gasteiger partial charge on any atom is -0.389 e. The number of ketones is 1. The molecule has 1 atom stereocenters. The molecule has 0 radical (unpaired) electrons. The van der Waals surface area contributed by atoms with Crippen molar-refractivity contribution in [3.05, 3.63) is 0 Å². The molecule has 0 bridgehead atoms. The van der Waals surface area contributed by atoms with E-state index >= 15 is 0 Å². The Balaban J connectivity index is 1.69. The summed E-state index contributed by atoms with van der Waals surface area (Å²) >= 11 is 0. The van der Waals surface area contributed by atoms with Crippen molar-refractivity contribution in [3.63, 3.8) is 0 Å². The summed E-state index contributed by atoms with van der Waals surface area (Å²) in [6.07, 6.45) is 0.886. The van der Waals surface area contributed by atoms with Crippen LogP contribution in [0.4, 0.5) is 0 Å². The number of ether oxygens (including phenoxy) is 1. The topological polar surface area (TPSA) is 53.0 Å². The molecule has 0 aliphatic carbocycles. The Morgan fingerprint density at radius 2 is 1.89 bits per heavy atom. The SMILES string of the molecule is CC(C)(O)CN1CCN(CC(=O)C2CCOC2)CC1. The Bertz CT molecular complexity index is 300. The molecule has 2 heterocycles. The second-order valence-corrected chi connectivity index (χ2v) is 6.39. The van der Waals surface area contributed by atoms with Gasteiger partial charge in [-0.2, -0.15) is 0 Å². The molecule has 2 fully saturated rings. The third-order valence-electron chi connectivity index (χ3n) is 3.84. The van der Waals surface area contributed by atoms with Crippen LogP contribution in [0.1, 0.15) is 20.3 Å². The minimum atomic E-state index is -0.640. The molecule has 0 aromatic rings. The Labute approximate surface area is 115 Å². The molecule has 5 nitrogen and oxygen atoms in total. The summed E-state index contributed by atoms with van der Waals surface area (Å²) in [6.45, 7) is 9.95. The molecule has 19 heavy (non-hydrogen) atoms. The van der Waals surface area contributed by atoms with E-state index in [1.54, 1.807) is 0 Å². The molecule has 0 saturated carbocycles. The van der Waals surface area contributed by atoms with E-state index < -0.39 is 5.60 Å². The van der Waals surface area contributed by atoms with Gasteiger partial charge in [0.1, 0.15) is 0 Å². The van der Waals surface area contributed by atoms with Crippen LogP contribution in [0.3, 0.4) is 0 Å². The van der Waals surface area contributed by atoms with E-state index in [1.807, 2.05) is 13.8 Å². The van der Waals surface area contributed by atoms with Crippen molar-refractivity contribution < 1.29 is 14.6 Å². The van der Waals surface area contributed by atoms with Gasteiger partial charge >= 0.3 is 0 Å². The van der Waals surface area contributed by atoms with Gasteiger partial charge in [0.2, 0.25) is 0 Å². The van der Waals surface area contributed by atoms with Crippen LogP contribution in [0.2, 0.25) is 0 Å². The molecular formula is C14H26N2O3. The molecular weight excluding hydrogens is 244 g/mol. The Hall–Kier alpha value is -0.490. The van der Waals surface area contributed by atoms with Gasteiger partial charge in [0.15, 0.2) is 5.78 Å². The van der Waals surface area contributed by atoms with E-state index in [0.29, 0.717) is 25.5 Å². The first-order valence-electron chi connectivity index (χ1n) is 7.21. The van der Waals surface area contributed by atoms with E-state index in [1.165, 1.54) is 0 Å². The number of Topliss-reactive ketones (excluding diaryl/α,β-unsaturated/α-hetero) is 1. The van der Waals surface area contributed by atoms with E-state index in [2.05, 4.69) is 9.80 Å². The number of aliphatic hydroxyl groups is 1. The fraction of sp³-hybridized carbons (Fsp3) is 0.929. The fourth-order valence-corrected chi connectivity index (χ4v) is 2.79. The summed E-state index contributed by atoms with van der Waals surface area (Å²) in [6, 6.07) is 0. The predicted octanol–water partition coefficient (Wildman–Crippen LogP) is -0.0195. The van der Waals surface area contributed by atoms with Gasteiger partial charge in [0.25, 0.3) is 0 Å². The van der Waals surface area contributed by atoms with Crippen molar-refractivity contribution in [2.24, 2.45) is 5.92 Å². The molecule has 0 spiro atoms. The van der Waals surface area contributed by atoms with Gasteiger partial charge < -0.3 is 9.84 Å². The van der Waals surface area contributed by atoms with Crippen molar-refractivity contribution >= 4 is 5.78 Å². The van der Waals surface area contributed by atoms with Gasteiger partial charge in [-0.3, -0.25) is 14.6 Å². The predicted molar refractivity (Wildman–Crippen MR) is 73.1 cm³/mol. The van der Waals surface area contributed by atoms with Gasteiger partial charge in [0, 0.05) is 45.2 Å². The van der Waals surface area contributed by atoms with Crippen LogP contribution < -0.4 is 0 Å². The van der Waals surface area contributed by atoms with Crippen LogP contribution in [0.5, 0.6) is 0 Å². The largest absolute Gasteiger partial charge is 0.389 e. The molecule has 2 saturated heterocycles. The summed E-state index contributed by atoms with van der Waals surface area (Å²) in [5.41, 5.74) is -0.640. The molecule has 0 aromatic heterocycles. The zero-order valence-corrected chi connectivity index (χ0v) is 12.1. The molecule has 2 aliphatic rings. The van der Waals surface area contributed by atoms with E-state index in [-0.39, 0.29) is 5.92 Å². The number of carbonyl (C=O) groups excluding carboxylic acids is 1. The highest BCUT2D eigenvalue weighted by Crippen LogP contribution is 2.15. The van der Waals surface area contributed by atoms with Gasteiger partial charge in [-0.1, -0.05) is 0 Å². The zero-order valence-electron chi connectivity index (χ0n) is 12.1. The number of hydrogen-bond acceptors (Lipinski definition) is 5. The fourth-order valence-electron chi connectivity index (χ4n) is 2.79. The Morgan fingerprint density at radius 3 is 2.42 bits per heavy atom. The van der Waals surface area contributed by atoms with E-state index in [9.17, 15) is 9.90 Å². The number of nitrogens with zero attached hydrogens (tertiary/aromatic N) is 2. The van der Waals surface area contributed by atoms with Crippen molar-refractivity contribution in [3.8, 4) is 0 Å². The number of hydrogen-bond donors (Lipinski definition) is 1. The molecule has 0 amide bonds. The van der Waals surface area contributed by atoms with Crippen LogP contribution in [-0.4, -0.2) is 78.8 Å². The highest BCUT2D eigenvalue weighted by atomic mass is 16.5. The first kappa shape index (κ1) is 14.9. The molecule has 1 N–H and O–H groups in total. The standard InChI is InChI=1S/C14H26N2O3/c1-14(2,18)11-16-6-4-15(5-7-16)9-13(17)12-3-8-19-10-12/h12,18H,3-11H2,1-2H3. The summed E-state index contributed by atoms with van der Waals surface area (Å²) in [5.74, 6) is 0.447. The van der Waals surface area contributed by atoms with Gasteiger partial charge in [0.05, 0.1) is 18.8 Å². The highest BCUT2D eigenvalue weighted by Gasteiger charge is 2.27. The highest BCUT2D eigenvalue weighted by molar-refractivity contribution is 5.83. The van der Waals surface area contributed by atoms with Crippen LogP contribution in [0.15, 0.2) is 0 Å². The summed E-state index contributed by atoms with van der Waals surface area (Å²) < 4.78 is 5.26. The minimum absolute atomic E-state index is 0.120. The van der Waals surface area contributed by atoms with Crippen LogP contribution >= 0.6 is 0 Å². The number of β-amino-alcohol motifs (C(OH)–C–C–N with tert-alkyl or cyclic N) is 1. The maximum atomic E-state index is 12.0. The van der Waals surface area contributed by atoms with Gasteiger partial charge in [-0.15, -0.1) is 0 Å². The van der Waals surface area contributed by atoms with Crippen LogP contribution in [0, 0.1) is 5.92 Å². The number of rotatable bonds is 5. The Kier molecular flexibility index (Phi) is 4.95. The lowest BCUT2D eigenvalue weighted by Gasteiger charge is -2.37. The maximum absolute atomic E-state index is 12.0. The van der Waals surface area contributed by atoms with Gasteiger partial charge in [-0.05, 0) is 20.3 Å². The molecule has 0 aromatic carbocycles. The van der Waals surface area contributed by atoms with Crippen LogP contribution in [-0.2, 0) is 9.53 Å². The monoisotopic (exact) mass is 270 g/mol. The lowest BCUT2D eigenvalue weighted by Crippen LogP contribution is -2.51. The van der Waals surface area contributed by atoms with Crippen molar-refractivity contribution in [1.29, 1.82) is 0 Å². The lowest BCUT2D eigenvalue weighted by molar-refractivity contribution is -0.124. The Morgan fingerprint density at radius 1 is 1.26 bits per heavy atom. The molecule has 2 aliphatic heterocycles. The molecule has 5 heteroatoms. The third kappa shape index (κ3) is 4.84. The number of carbonyl (C=O) groups is 1. The summed E-state index contributed by atoms with van der Waals surface area (Å²) in [4.78, 5) is 16.5. The van der Waals surface area contributed by atoms with Crippen molar-refractivity contribution in [1.82, 2.24) is 9.80 Å². The second-order valence-electron chi connectivity index (χ2n) is 6.39. The normalized spacial score (nSPS) is 26.8. The van der Waals surface area contributed by atoms with Gasteiger partial charge in [-0.25, -0.2) is 0 Å². The van der Waals surface area contributed by atoms with Crippen molar-refractivity contribution in [2.45, 2.75) is 25.9 Å². The summed E-state index contributed by atoms with van der Waals surface area (Å²) in [5, 5.41) is 9.80. The summed E-state index contributed by atoms with van der Waals surface area (Å²) in [7, 11) is 0. The molecule has 2 rings (SSSR count). The third-order valence-corrected chi connectivity index (χ3v) is 3.84. The lowest BCUT2D eigenvalue weighted by atomic mass is 10.0. The quantitative estimate of drug-likeness (QED) is 0.761. The smallest absolute Gasteiger partial charge is 0.152 e. The average molecular weight is 270 g/mol. The van der Waals surface area contributed by atoms with E-state index in [0.717, 1.165) is 39.2 Å². The maximum Gasteiger partial charge on any atom is 0.152 e. The molecule has 1 unspecified atom stereocenters. The van der Waals surface area contributed by atoms with Crippen LogP contribution in [0.25, 0.3) is 0 Å². The average Bonchev–Trinajstić information content (AvgIpc) is 2.83. The molecule has 110 valence electrons. The zero-order chi connectivity index (χ0) is 13.9. The second kappa shape index (κ2) is 6.31. The first-order chi connectivity index (χ1) is 8.94. The van der Waals surface area contributed by atoms with Crippen molar-refractivity contribution in [2.75, 3.05) is 52.5 Å².